The van der Waals surface area contributed by atoms with Gasteiger partial charge in [-0.05, 0) is 53.6 Å². The van der Waals surface area contributed by atoms with Gasteiger partial charge in [0, 0.05) is 24.5 Å². The maximum atomic E-state index is 13.3. The molecular weight excluding hydrogens is 468 g/mol. The van der Waals surface area contributed by atoms with Gasteiger partial charge < -0.3 is 19.5 Å². The quantitative estimate of drug-likeness (QED) is 0.208. The van der Waals surface area contributed by atoms with E-state index in [2.05, 4.69) is 4.98 Å². The van der Waals surface area contributed by atoms with Crippen LogP contribution in [0, 0.1) is 0 Å². The molecule has 1 aliphatic heterocycles. The normalized spacial score (nSPS) is 16.6. The Kier molecular flexibility index (Phi) is 6.68. The highest BCUT2D eigenvalue weighted by Crippen LogP contribution is 2.41. The molecule has 4 aromatic rings. The lowest BCUT2D eigenvalue weighted by molar-refractivity contribution is -0.140. The van der Waals surface area contributed by atoms with Crippen molar-refractivity contribution in [3.05, 3.63) is 126 Å². The van der Waals surface area contributed by atoms with E-state index in [-0.39, 0.29) is 17.9 Å². The number of aliphatic hydroxyl groups excluding tert-OH is 1. The van der Waals surface area contributed by atoms with Crippen LogP contribution < -0.4 is 9.47 Å². The predicted molar refractivity (Wildman–Crippen MR) is 138 cm³/mol. The van der Waals surface area contributed by atoms with Crippen LogP contribution >= 0.6 is 0 Å². The summed E-state index contributed by atoms with van der Waals surface area (Å²) in [6, 6.07) is 26.0. The summed E-state index contributed by atoms with van der Waals surface area (Å²) in [5.74, 6) is -0.0254. The van der Waals surface area contributed by atoms with Crippen molar-refractivity contribution in [2.75, 3.05) is 7.11 Å². The van der Waals surface area contributed by atoms with E-state index in [0.29, 0.717) is 28.4 Å². The number of hydrogen-bond donors (Lipinski definition) is 1. The maximum Gasteiger partial charge on any atom is 0.295 e. The molecule has 0 radical (unpaired) electrons. The summed E-state index contributed by atoms with van der Waals surface area (Å²) in [5.41, 5.74) is 1.76. The minimum Gasteiger partial charge on any atom is -0.507 e. The van der Waals surface area contributed by atoms with Gasteiger partial charge >= 0.3 is 0 Å². The van der Waals surface area contributed by atoms with E-state index < -0.39 is 17.7 Å². The van der Waals surface area contributed by atoms with Gasteiger partial charge in [0.2, 0.25) is 0 Å². The van der Waals surface area contributed by atoms with Crippen molar-refractivity contribution in [1.29, 1.82) is 0 Å². The second kappa shape index (κ2) is 10.4. The summed E-state index contributed by atoms with van der Waals surface area (Å²) >= 11 is 0. The first kappa shape index (κ1) is 23.8. The van der Waals surface area contributed by atoms with Crippen LogP contribution in [0.5, 0.6) is 17.2 Å². The number of aliphatic hydroxyl groups is 1. The number of carbonyl (C=O) groups excluding carboxylic acids is 2. The number of Topliss-reactive ketones (excluding diaryl/α,β-unsaturated/α-hetero) is 1. The molecule has 0 spiro atoms. The highest BCUT2D eigenvalue weighted by atomic mass is 16.5. The van der Waals surface area contributed by atoms with E-state index in [4.69, 9.17) is 9.47 Å². The van der Waals surface area contributed by atoms with Crippen molar-refractivity contribution in [3.63, 3.8) is 0 Å². The van der Waals surface area contributed by atoms with Crippen LogP contribution in [0.2, 0.25) is 0 Å². The zero-order chi connectivity index (χ0) is 25.8. The summed E-state index contributed by atoms with van der Waals surface area (Å²) in [7, 11) is 1.52. The Hall–Kier alpha value is -4.91. The summed E-state index contributed by atoms with van der Waals surface area (Å²) in [5, 5.41) is 11.3. The largest absolute Gasteiger partial charge is 0.507 e. The molecule has 5 rings (SSSR count). The molecule has 0 aliphatic carbocycles. The summed E-state index contributed by atoms with van der Waals surface area (Å²) < 4.78 is 11.3. The van der Waals surface area contributed by atoms with Gasteiger partial charge in [-0.1, -0.05) is 48.5 Å². The van der Waals surface area contributed by atoms with Crippen molar-refractivity contribution in [2.45, 2.75) is 12.6 Å². The van der Waals surface area contributed by atoms with Crippen LogP contribution in [0.1, 0.15) is 22.7 Å². The highest BCUT2D eigenvalue weighted by Gasteiger charge is 2.46. The number of ketones is 1. The van der Waals surface area contributed by atoms with Crippen LogP contribution in [-0.2, 0) is 16.1 Å². The summed E-state index contributed by atoms with van der Waals surface area (Å²) in [6.45, 7) is 0.141. The molecule has 1 aliphatic rings. The fraction of sp³-hybridized carbons (Fsp3) is 0.100. The average molecular weight is 493 g/mol. The summed E-state index contributed by atoms with van der Waals surface area (Å²) in [6.07, 6.45) is 3.29. The minimum absolute atomic E-state index is 0.000922. The molecule has 2 heterocycles. The second-order valence-electron chi connectivity index (χ2n) is 8.51. The van der Waals surface area contributed by atoms with E-state index in [9.17, 15) is 14.7 Å². The third kappa shape index (κ3) is 4.92. The van der Waals surface area contributed by atoms with E-state index >= 15 is 0 Å². The number of aromatic nitrogens is 1. The fourth-order valence-electron chi connectivity index (χ4n) is 4.38. The number of para-hydroxylation sites is 1. The Balaban J connectivity index is 1.62. The molecule has 1 unspecified atom stereocenters. The van der Waals surface area contributed by atoms with Crippen molar-refractivity contribution < 1.29 is 24.2 Å². The highest BCUT2D eigenvalue weighted by molar-refractivity contribution is 6.46. The molecule has 7 nitrogen and oxygen atoms in total. The molecule has 3 aromatic carbocycles. The number of pyridine rings is 1. The lowest BCUT2D eigenvalue weighted by Crippen LogP contribution is -2.29. The molecule has 7 heteroatoms. The van der Waals surface area contributed by atoms with Crippen LogP contribution in [-0.4, -0.2) is 33.8 Å². The molecular formula is C30H24N2O5. The van der Waals surface area contributed by atoms with Gasteiger partial charge in [0.1, 0.15) is 23.0 Å². The number of carbonyl (C=O) groups is 2. The number of benzene rings is 3. The monoisotopic (exact) mass is 492 g/mol. The van der Waals surface area contributed by atoms with Crippen LogP contribution in [0.3, 0.4) is 0 Å². The zero-order valence-electron chi connectivity index (χ0n) is 20.1. The van der Waals surface area contributed by atoms with E-state index in [0.717, 1.165) is 5.56 Å². The number of rotatable bonds is 7. The maximum absolute atomic E-state index is 13.3. The van der Waals surface area contributed by atoms with Gasteiger partial charge in [-0.2, -0.15) is 0 Å². The van der Waals surface area contributed by atoms with Crippen LogP contribution in [0.4, 0.5) is 0 Å². The first-order chi connectivity index (χ1) is 18.0. The second-order valence-corrected chi connectivity index (χ2v) is 8.51. The lowest BCUT2D eigenvalue weighted by Gasteiger charge is -2.25. The van der Waals surface area contributed by atoms with E-state index in [1.54, 1.807) is 60.9 Å². The lowest BCUT2D eigenvalue weighted by atomic mass is 9.95. The van der Waals surface area contributed by atoms with Crippen LogP contribution in [0.25, 0.3) is 5.76 Å². The number of likely N-dealkylation sites (tertiary alicyclic amines) is 1. The van der Waals surface area contributed by atoms with E-state index in [1.165, 1.54) is 12.0 Å². The van der Waals surface area contributed by atoms with Crippen molar-refractivity contribution in [2.24, 2.45) is 0 Å². The standard InChI is InChI=1S/C30H24N2O5/c1-36-24-13-6-10-22(17-24)28(33)26-27(32(30(35)29(26)34)19-20-8-7-15-31-18-20)21-9-5-14-25(16-21)37-23-11-3-2-4-12-23/h2-18,27,33H,19H2,1H3. The van der Waals surface area contributed by atoms with Crippen molar-refractivity contribution >= 4 is 17.4 Å². The van der Waals surface area contributed by atoms with Gasteiger partial charge in [-0.25, -0.2) is 0 Å². The van der Waals surface area contributed by atoms with E-state index in [1.807, 2.05) is 42.5 Å². The Morgan fingerprint density at radius 1 is 0.892 bits per heavy atom. The molecule has 0 saturated carbocycles. The molecule has 1 saturated heterocycles. The molecule has 0 bridgehead atoms. The van der Waals surface area contributed by atoms with Gasteiger partial charge in [0.25, 0.3) is 11.7 Å². The van der Waals surface area contributed by atoms with Crippen molar-refractivity contribution in [1.82, 2.24) is 9.88 Å². The Morgan fingerprint density at radius 2 is 1.65 bits per heavy atom. The molecule has 1 aromatic heterocycles. The topological polar surface area (TPSA) is 89.0 Å². The molecule has 184 valence electrons. The fourth-order valence-corrected chi connectivity index (χ4v) is 4.38. The first-order valence-electron chi connectivity index (χ1n) is 11.7. The number of methoxy groups -OCH3 is 1. The van der Waals surface area contributed by atoms with Crippen LogP contribution in [0.15, 0.2) is 109 Å². The van der Waals surface area contributed by atoms with Crippen molar-refractivity contribution in [3.8, 4) is 17.2 Å². The van der Waals surface area contributed by atoms with Gasteiger partial charge in [0.15, 0.2) is 0 Å². The number of ether oxygens (including phenoxy) is 2. The molecule has 1 fully saturated rings. The molecule has 1 N–H and O–H groups in total. The van der Waals surface area contributed by atoms with Gasteiger partial charge in [0.05, 0.1) is 18.7 Å². The minimum atomic E-state index is -0.842. The Bertz CT molecular complexity index is 1470. The molecule has 1 amide bonds. The third-order valence-electron chi connectivity index (χ3n) is 6.11. The Morgan fingerprint density at radius 3 is 2.41 bits per heavy atom. The number of amides is 1. The first-order valence-corrected chi connectivity index (χ1v) is 11.7. The zero-order valence-corrected chi connectivity index (χ0v) is 20.1. The molecule has 37 heavy (non-hydrogen) atoms. The predicted octanol–water partition coefficient (Wildman–Crippen LogP) is 5.50. The SMILES string of the molecule is COc1cccc(C(O)=C2C(=O)C(=O)N(Cc3cccnc3)C2c2cccc(Oc3ccccc3)c2)c1. The van der Waals surface area contributed by atoms with Gasteiger partial charge in [-0.15, -0.1) is 0 Å². The Labute approximate surface area is 214 Å². The number of nitrogens with zero attached hydrogens (tertiary/aromatic N) is 2. The summed E-state index contributed by atoms with van der Waals surface area (Å²) in [4.78, 5) is 32.2. The smallest absolute Gasteiger partial charge is 0.295 e. The van der Waals surface area contributed by atoms with Gasteiger partial charge in [-0.3, -0.25) is 14.6 Å². The third-order valence-corrected chi connectivity index (χ3v) is 6.11. The molecule has 1 atom stereocenters. The number of hydrogen-bond acceptors (Lipinski definition) is 6. The average Bonchev–Trinajstić information content (AvgIpc) is 3.19.